The molecule has 0 saturated carbocycles. The van der Waals surface area contributed by atoms with Crippen LogP contribution in [0.1, 0.15) is 96.3 Å². The first-order valence-electron chi connectivity index (χ1n) is 12.9. The number of carbonyl (C=O) groups excluding carboxylic acids is 3. The van der Waals surface area contributed by atoms with Crippen LogP contribution >= 0.6 is 0 Å². The van der Waals surface area contributed by atoms with E-state index < -0.39 is 6.04 Å². The molecule has 3 amide bonds. The maximum Gasteiger partial charge on any atom is 0.244 e. The van der Waals surface area contributed by atoms with Gasteiger partial charge in [-0.2, -0.15) is 0 Å². The second kappa shape index (κ2) is 19.7. The lowest BCUT2D eigenvalue weighted by Crippen LogP contribution is -2.47. The number of carbonyl (C=O) groups is 3. The summed E-state index contributed by atoms with van der Waals surface area (Å²) in [6, 6.07) is -0.567. The highest BCUT2D eigenvalue weighted by Gasteiger charge is 2.29. The highest BCUT2D eigenvalue weighted by Crippen LogP contribution is 2.09. The van der Waals surface area contributed by atoms with Crippen molar-refractivity contribution >= 4 is 17.7 Å². The highest BCUT2D eigenvalue weighted by molar-refractivity contribution is 5.87. The van der Waals surface area contributed by atoms with Crippen LogP contribution in [-0.2, 0) is 19.1 Å². The van der Waals surface area contributed by atoms with Crippen molar-refractivity contribution in [1.29, 1.82) is 0 Å². The monoisotopic (exact) mass is 469 g/mol. The number of amides is 3. The van der Waals surface area contributed by atoms with Gasteiger partial charge in [0.25, 0.3) is 0 Å². The number of unbranched alkanes of at least 4 members (excludes halogenated alkanes) is 9. The van der Waals surface area contributed by atoms with E-state index in [2.05, 4.69) is 16.0 Å². The normalized spacial score (nSPS) is 15.6. The summed E-state index contributed by atoms with van der Waals surface area (Å²) in [6.45, 7) is 2.55. The highest BCUT2D eigenvalue weighted by atomic mass is 16.6. The van der Waals surface area contributed by atoms with Crippen LogP contribution in [0.4, 0.5) is 0 Å². The van der Waals surface area contributed by atoms with E-state index >= 15 is 0 Å². The summed E-state index contributed by atoms with van der Waals surface area (Å²) in [5.74, 6) is -0.216. The van der Waals surface area contributed by atoms with E-state index in [1.54, 1.807) is 0 Å². The van der Waals surface area contributed by atoms with Crippen molar-refractivity contribution in [2.75, 3.05) is 26.2 Å². The Kier molecular flexibility index (Phi) is 17.5. The van der Waals surface area contributed by atoms with E-state index in [4.69, 9.17) is 16.2 Å². The molecular formula is C24H47N5O4. The third kappa shape index (κ3) is 17.4. The van der Waals surface area contributed by atoms with Gasteiger partial charge in [0, 0.05) is 19.4 Å². The molecule has 1 fully saturated rings. The van der Waals surface area contributed by atoms with Crippen molar-refractivity contribution in [3.05, 3.63) is 0 Å². The molecule has 1 aliphatic rings. The van der Waals surface area contributed by atoms with Crippen LogP contribution in [0.25, 0.3) is 0 Å². The number of nitrogens with one attached hydrogen (secondary N) is 3. The largest absolute Gasteiger partial charge is 0.356 e. The molecule has 1 rings (SSSR count). The number of hydrogen-bond acceptors (Lipinski definition) is 6. The molecule has 0 aromatic heterocycles. The molecular weight excluding hydrogens is 422 g/mol. The van der Waals surface area contributed by atoms with Crippen LogP contribution in [-0.4, -0.2) is 56.2 Å². The smallest absolute Gasteiger partial charge is 0.244 e. The average molecular weight is 470 g/mol. The lowest BCUT2D eigenvalue weighted by Gasteiger charge is -2.18. The lowest BCUT2D eigenvalue weighted by atomic mass is 10.1. The molecule has 9 nitrogen and oxygen atoms in total. The number of epoxide rings is 1. The first-order chi connectivity index (χ1) is 16.1. The predicted octanol–water partition coefficient (Wildman–Crippen LogP) is 1.83. The fourth-order valence-corrected chi connectivity index (χ4v) is 3.64. The van der Waals surface area contributed by atoms with Gasteiger partial charge in [-0.15, -0.1) is 0 Å². The minimum Gasteiger partial charge on any atom is -0.356 e. The van der Waals surface area contributed by atoms with Gasteiger partial charge in [0.05, 0.1) is 6.61 Å². The summed E-state index contributed by atoms with van der Waals surface area (Å²) in [5.41, 5.74) is 11.0. The Morgan fingerprint density at radius 1 is 0.758 bits per heavy atom. The van der Waals surface area contributed by atoms with Gasteiger partial charge in [0.1, 0.15) is 6.04 Å². The average Bonchev–Trinajstić information content (AvgIpc) is 3.61. The third-order valence-electron chi connectivity index (χ3n) is 5.75. The lowest BCUT2D eigenvalue weighted by molar-refractivity contribution is -0.129. The van der Waals surface area contributed by atoms with E-state index in [0.717, 1.165) is 83.6 Å². The molecule has 0 aromatic rings. The van der Waals surface area contributed by atoms with Gasteiger partial charge in [-0.25, -0.2) is 0 Å². The van der Waals surface area contributed by atoms with Crippen LogP contribution in [0.2, 0.25) is 0 Å². The molecule has 33 heavy (non-hydrogen) atoms. The van der Waals surface area contributed by atoms with Gasteiger partial charge >= 0.3 is 0 Å². The Morgan fingerprint density at radius 2 is 1.30 bits per heavy atom. The standard InChI is InChI=1S/C24H47N5O4/c25-16-10-5-1-3-7-14-21(30)27-18-12-9-13-20(24(32)29-23-19-33-23)28-22(31)15-8-4-2-6-11-17-26/h20,23H,1-19,25-26H2,(H,27,30)(H,28,31)(H,29,32)/t20-,23-/m0/s1. The summed E-state index contributed by atoms with van der Waals surface area (Å²) in [4.78, 5) is 36.7. The molecule has 9 heteroatoms. The van der Waals surface area contributed by atoms with E-state index in [9.17, 15) is 14.4 Å². The number of ether oxygens (including phenoxy) is 1. The number of nitrogens with two attached hydrogens (primary N) is 2. The minimum absolute atomic E-state index is 0.0776. The van der Waals surface area contributed by atoms with Crippen molar-refractivity contribution in [2.45, 2.75) is 109 Å². The summed E-state index contributed by atoms with van der Waals surface area (Å²) in [6.07, 6.45) is 13.1. The molecule has 1 heterocycles. The second-order valence-corrected chi connectivity index (χ2v) is 8.91. The Bertz CT molecular complexity index is 543. The van der Waals surface area contributed by atoms with Crippen molar-refractivity contribution in [1.82, 2.24) is 16.0 Å². The summed E-state index contributed by atoms with van der Waals surface area (Å²) >= 11 is 0. The molecule has 1 saturated heterocycles. The van der Waals surface area contributed by atoms with Crippen molar-refractivity contribution in [2.24, 2.45) is 11.5 Å². The molecule has 0 aliphatic carbocycles. The minimum atomic E-state index is -0.567. The summed E-state index contributed by atoms with van der Waals surface area (Å²) in [5, 5.41) is 8.61. The maximum atomic E-state index is 12.5. The maximum absolute atomic E-state index is 12.5. The molecule has 192 valence electrons. The Morgan fingerprint density at radius 3 is 1.88 bits per heavy atom. The van der Waals surface area contributed by atoms with Crippen molar-refractivity contribution < 1.29 is 19.1 Å². The van der Waals surface area contributed by atoms with Crippen molar-refractivity contribution in [3.8, 4) is 0 Å². The third-order valence-corrected chi connectivity index (χ3v) is 5.75. The van der Waals surface area contributed by atoms with Gasteiger partial charge in [-0.3, -0.25) is 14.4 Å². The van der Waals surface area contributed by atoms with Crippen LogP contribution in [0.5, 0.6) is 0 Å². The first-order valence-corrected chi connectivity index (χ1v) is 12.9. The topological polar surface area (TPSA) is 152 Å². The molecule has 0 spiro atoms. The van der Waals surface area contributed by atoms with Gasteiger partial charge in [0.15, 0.2) is 6.23 Å². The zero-order valence-corrected chi connectivity index (χ0v) is 20.4. The Hall–Kier alpha value is -1.71. The van der Waals surface area contributed by atoms with Gasteiger partial charge in [-0.1, -0.05) is 38.5 Å². The summed E-state index contributed by atoms with van der Waals surface area (Å²) < 4.78 is 5.07. The molecule has 2 atom stereocenters. The fourth-order valence-electron chi connectivity index (χ4n) is 3.64. The summed E-state index contributed by atoms with van der Waals surface area (Å²) in [7, 11) is 0. The molecule has 0 radical (unpaired) electrons. The van der Waals surface area contributed by atoms with Crippen LogP contribution in [0.3, 0.4) is 0 Å². The quantitative estimate of drug-likeness (QED) is 0.120. The van der Waals surface area contributed by atoms with E-state index in [1.165, 1.54) is 0 Å². The van der Waals surface area contributed by atoms with Gasteiger partial charge < -0.3 is 32.2 Å². The Labute approximate surface area is 199 Å². The first kappa shape index (κ1) is 29.3. The molecule has 0 bridgehead atoms. The second-order valence-electron chi connectivity index (χ2n) is 8.91. The van der Waals surface area contributed by atoms with Crippen LogP contribution < -0.4 is 27.4 Å². The molecule has 0 unspecified atom stereocenters. The van der Waals surface area contributed by atoms with Gasteiger partial charge in [-0.05, 0) is 58.0 Å². The fraction of sp³-hybridized carbons (Fsp3) is 0.875. The van der Waals surface area contributed by atoms with Gasteiger partial charge in [0.2, 0.25) is 17.7 Å². The Balaban J connectivity index is 2.18. The van der Waals surface area contributed by atoms with E-state index in [-0.39, 0.29) is 23.9 Å². The number of rotatable bonds is 22. The zero-order valence-electron chi connectivity index (χ0n) is 20.4. The van der Waals surface area contributed by atoms with Crippen LogP contribution in [0, 0.1) is 0 Å². The predicted molar refractivity (Wildman–Crippen MR) is 130 cm³/mol. The number of hydrogen-bond donors (Lipinski definition) is 5. The molecule has 0 aromatic carbocycles. The molecule has 7 N–H and O–H groups in total. The van der Waals surface area contributed by atoms with Crippen LogP contribution in [0.15, 0.2) is 0 Å². The van der Waals surface area contributed by atoms with E-state index in [0.29, 0.717) is 39.0 Å². The van der Waals surface area contributed by atoms with Crippen molar-refractivity contribution in [3.63, 3.8) is 0 Å². The molecule has 1 aliphatic heterocycles. The zero-order chi connectivity index (χ0) is 24.2. The van der Waals surface area contributed by atoms with E-state index in [1.807, 2.05) is 0 Å². The SMILES string of the molecule is NCCCCCCCC(=O)NCCCC[C@H](NC(=O)CCCCCCCN)C(=O)N[C@@H]1CO1.